The van der Waals surface area contributed by atoms with Gasteiger partial charge in [-0.05, 0) is 17.7 Å². The van der Waals surface area contributed by atoms with E-state index in [9.17, 15) is 5.11 Å². The largest absolute Gasteiger partial charge is 0.467 e. The van der Waals surface area contributed by atoms with Crippen LogP contribution in [0.25, 0.3) is 0 Å². The molecule has 0 aliphatic heterocycles. The summed E-state index contributed by atoms with van der Waals surface area (Å²) in [6, 6.07) is 13.6. The van der Waals surface area contributed by atoms with Gasteiger partial charge in [-0.15, -0.1) is 5.10 Å². The molecule has 3 rings (SSSR count). The number of rotatable bonds is 7. The van der Waals surface area contributed by atoms with Crippen LogP contribution in [0, 0.1) is 0 Å². The van der Waals surface area contributed by atoms with Gasteiger partial charge in [0.1, 0.15) is 21.9 Å². The Morgan fingerprint density at radius 1 is 1.17 bits per heavy atom. The van der Waals surface area contributed by atoms with Crippen LogP contribution >= 0.6 is 23.1 Å². The summed E-state index contributed by atoms with van der Waals surface area (Å²) >= 11 is 7.27. The Labute approximate surface area is 143 Å². The Kier molecular flexibility index (Phi) is 5.40. The Hall–Kier alpha value is -1.73. The molecular weight excluding hydrogens is 334 g/mol. The maximum Gasteiger partial charge on any atom is 0.138 e. The molecule has 120 valence electrons. The lowest BCUT2D eigenvalue weighted by atomic mass is 10.2. The monoisotopic (exact) mass is 349 g/mol. The van der Waals surface area contributed by atoms with Gasteiger partial charge in [-0.25, -0.2) is 0 Å². The molecule has 0 saturated carbocycles. The molecule has 1 unspecified atom stereocenters. The molecule has 0 aliphatic carbocycles. The topological polar surface area (TPSA) is 62.4 Å². The molecule has 2 heterocycles. The van der Waals surface area contributed by atoms with Crippen LogP contribution in [0.2, 0.25) is 4.34 Å². The van der Waals surface area contributed by atoms with Crippen molar-refractivity contribution in [2.75, 3.05) is 6.54 Å². The summed E-state index contributed by atoms with van der Waals surface area (Å²) in [4.78, 5) is 2.07. The Morgan fingerprint density at radius 3 is 2.65 bits per heavy atom. The lowest BCUT2D eigenvalue weighted by Gasteiger charge is -2.23. The van der Waals surface area contributed by atoms with Crippen molar-refractivity contribution in [3.05, 3.63) is 70.1 Å². The minimum Gasteiger partial charge on any atom is -0.467 e. The van der Waals surface area contributed by atoms with Crippen molar-refractivity contribution in [2.45, 2.75) is 19.2 Å². The zero-order valence-electron chi connectivity index (χ0n) is 12.3. The average Bonchev–Trinajstić information content (AvgIpc) is 3.21. The van der Waals surface area contributed by atoms with Crippen LogP contribution in [0.1, 0.15) is 23.1 Å². The maximum atomic E-state index is 10.4. The molecular formula is C16H16ClN3O2S. The number of benzene rings is 1. The lowest BCUT2D eigenvalue weighted by Crippen LogP contribution is -2.28. The van der Waals surface area contributed by atoms with E-state index in [4.69, 9.17) is 16.0 Å². The molecule has 3 aromatic rings. The first kappa shape index (κ1) is 16.1. The first-order chi connectivity index (χ1) is 11.2. The van der Waals surface area contributed by atoms with E-state index >= 15 is 0 Å². The van der Waals surface area contributed by atoms with Crippen molar-refractivity contribution < 1.29 is 9.52 Å². The van der Waals surface area contributed by atoms with E-state index in [1.807, 2.05) is 30.3 Å². The van der Waals surface area contributed by atoms with Gasteiger partial charge in [-0.3, -0.25) is 4.90 Å². The number of aliphatic hydroxyl groups excluding tert-OH is 1. The van der Waals surface area contributed by atoms with E-state index in [1.54, 1.807) is 18.4 Å². The molecule has 0 radical (unpaired) electrons. The molecule has 0 aliphatic rings. The van der Waals surface area contributed by atoms with Crippen molar-refractivity contribution in [1.29, 1.82) is 0 Å². The van der Waals surface area contributed by atoms with Crippen LogP contribution in [0.4, 0.5) is 0 Å². The summed E-state index contributed by atoms with van der Waals surface area (Å²) in [5.74, 6) is 0.547. The van der Waals surface area contributed by atoms with Crippen molar-refractivity contribution >= 4 is 23.1 Å². The minimum absolute atomic E-state index is 0.413. The molecule has 0 fully saturated rings. The van der Waals surface area contributed by atoms with Gasteiger partial charge in [-0.2, -0.15) is 0 Å². The maximum absolute atomic E-state index is 10.4. The standard InChI is InChI=1S/C16H16ClN3O2S/c17-16-13(18-19-23-16)10-20(9-12-5-2-1-3-6-12)11-14(21)15-7-4-8-22-15/h1-8,14,21H,9-11H2. The molecule has 1 atom stereocenters. The van der Waals surface area contributed by atoms with Gasteiger partial charge >= 0.3 is 0 Å². The third kappa shape index (κ3) is 4.39. The molecule has 0 saturated heterocycles. The summed E-state index contributed by atoms with van der Waals surface area (Å²) in [7, 11) is 0. The highest BCUT2D eigenvalue weighted by Gasteiger charge is 2.18. The fourth-order valence-electron chi connectivity index (χ4n) is 2.35. The number of hydrogen-bond acceptors (Lipinski definition) is 6. The first-order valence-corrected chi connectivity index (χ1v) is 8.32. The fourth-order valence-corrected chi connectivity index (χ4v) is 2.96. The smallest absolute Gasteiger partial charge is 0.138 e. The van der Waals surface area contributed by atoms with E-state index in [0.29, 0.717) is 29.7 Å². The highest BCUT2D eigenvalue weighted by molar-refractivity contribution is 7.10. The van der Waals surface area contributed by atoms with E-state index in [0.717, 1.165) is 11.3 Å². The number of aromatic nitrogens is 2. The van der Waals surface area contributed by atoms with Gasteiger partial charge in [-0.1, -0.05) is 46.4 Å². The molecule has 0 bridgehead atoms. The van der Waals surface area contributed by atoms with Crippen LogP contribution in [0.15, 0.2) is 53.1 Å². The predicted octanol–water partition coefficient (Wildman–Crippen LogP) is 3.52. The minimum atomic E-state index is -0.709. The summed E-state index contributed by atoms with van der Waals surface area (Å²) in [5, 5.41) is 14.4. The van der Waals surface area contributed by atoms with E-state index in [1.165, 1.54) is 11.5 Å². The zero-order chi connectivity index (χ0) is 16.1. The Morgan fingerprint density at radius 2 is 2.00 bits per heavy atom. The van der Waals surface area contributed by atoms with E-state index < -0.39 is 6.10 Å². The van der Waals surface area contributed by atoms with Crippen molar-refractivity contribution in [3.8, 4) is 0 Å². The SMILES string of the molecule is OC(CN(Cc1ccccc1)Cc1nnsc1Cl)c1ccco1. The number of furan rings is 1. The second-order valence-corrected chi connectivity index (χ2v) is 6.54. The predicted molar refractivity (Wildman–Crippen MR) is 89.1 cm³/mol. The van der Waals surface area contributed by atoms with Gasteiger partial charge in [0.2, 0.25) is 0 Å². The number of halogens is 1. The highest BCUT2D eigenvalue weighted by atomic mass is 35.5. The summed E-state index contributed by atoms with van der Waals surface area (Å²) in [6.45, 7) is 1.60. The third-order valence-corrected chi connectivity index (χ3v) is 4.42. The molecule has 0 spiro atoms. The van der Waals surface area contributed by atoms with Gasteiger partial charge in [0.15, 0.2) is 0 Å². The molecule has 1 N–H and O–H groups in total. The van der Waals surface area contributed by atoms with Crippen molar-refractivity contribution in [3.63, 3.8) is 0 Å². The number of nitrogens with zero attached hydrogens (tertiary/aromatic N) is 3. The second-order valence-electron chi connectivity index (χ2n) is 5.18. The Bertz CT molecular complexity index is 718. The summed E-state index contributed by atoms with van der Waals surface area (Å²) < 4.78 is 9.72. The van der Waals surface area contributed by atoms with Gasteiger partial charge in [0.25, 0.3) is 0 Å². The molecule has 0 amide bonds. The fraction of sp³-hybridized carbons (Fsp3) is 0.250. The first-order valence-electron chi connectivity index (χ1n) is 7.17. The highest BCUT2D eigenvalue weighted by Crippen LogP contribution is 2.22. The second kappa shape index (κ2) is 7.70. The van der Waals surface area contributed by atoms with Crippen LogP contribution in [-0.2, 0) is 13.1 Å². The van der Waals surface area contributed by atoms with Gasteiger partial charge in [0.05, 0.1) is 6.26 Å². The quantitative estimate of drug-likeness (QED) is 0.707. The van der Waals surface area contributed by atoms with E-state index in [-0.39, 0.29) is 0 Å². The molecule has 23 heavy (non-hydrogen) atoms. The summed E-state index contributed by atoms with van der Waals surface area (Å²) in [5.41, 5.74) is 1.87. The number of hydrogen-bond donors (Lipinski definition) is 1. The van der Waals surface area contributed by atoms with Crippen LogP contribution < -0.4 is 0 Å². The lowest BCUT2D eigenvalue weighted by molar-refractivity contribution is 0.0867. The normalized spacial score (nSPS) is 12.7. The molecule has 7 heteroatoms. The average molecular weight is 350 g/mol. The van der Waals surface area contributed by atoms with Crippen LogP contribution in [0.5, 0.6) is 0 Å². The van der Waals surface area contributed by atoms with Crippen molar-refractivity contribution in [1.82, 2.24) is 14.5 Å². The van der Waals surface area contributed by atoms with Gasteiger partial charge < -0.3 is 9.52 Å². The molecule has 2 aromatic heterocycles. The number of aliphatic hydroxyl groups is 1. The van der Waals surface area contributed by atoms with Crippen LogP contribution in [0.3, 0.4) is 0 Å². The Balaban J connectivity index is 1.74. The van der Waals surface area contributed by atoms with Crippen LogP contribution in [-0.4, -0.2) is 26.1 Å². The molecule has 1 aromatic carbocycles. The molecule has 5 nitrogen and oxygen atoms in total. The third-order valence-electron chi connectivity index (χ3n) is 3.43. The van der Waals surface area contributed by atoms with E-state index in [2.05, 4.69) is 14.5 Å². The van der Waals surface area contributed by atoms with Gasteiger partial charge in [0, 0.05) is 31.2 Å². The summed E-state index contributed by atoms with van der Waals surface area (Å²) in [6.07, 6.45) is 0.848. The van der Waals surface area contributed by atoms with Crippen molar-refractivity contribution in [2.24, 2.45) is 0 Å². The zero-order valence-corrected chi connectivity index (χ0v) is 13.9.